The van der Waals surface area contributed by atoms with Crippen molar-refractivity contribution in [1.29, 1.82) is 0 Å². The number of ether oxygens (including phenoxy) is 1. The van der Waals surface area contributed by atoms with Crippen LogP contribution < -0.4 is 0 Å². The Labute approximate surface area is 141 Å². The lowest BCUT2D eigenvalue weighted by Gasteiger charge is -2.38. The van der Waals surface area contributed by atoms with Crippen molar-refractivity contribution >= 4 is 5.91 Å². The van der Waals surface area contributed by atoms with Crippen molar-refractivity contribution in [2.45, 2.75) is 12.8 Å². The van der Waals surface area contributed by atoms with E-state index < -0.39 is 17.5 Å². The summed E-state index contributed by atoms with van der Waals surface area (Å²) in [7, 11) is 4.04. The van der Waals surface area contributed by atoms with E-state index >= 15 is 0 Å². The summed E-state index contributed by atoms with van der Waals surface area (Å²) < 4.78 is 32.9. The van der Waals surface area contributed by atoms with E-state index in [2.05, 4.69) is 4.90 Å². The topological polar surface area (TPSA) is 32.8 Å². The highest BCUT2D eigenvalue weighted by Gasteiger charge is 2.48. The highest BCUT2D eigenvalue weighted by atomic mass is 19.1. The number of hydrogen-bond donors (Lipinski definition) is 0. The summed E-state index contributed by atoms with van der Waals surface area (Å²) in [5.74, 6) is -1.36. The van der Waals surface area contributed by atoms with Crippen molar-refractivity contribution in [3.8, 4) is 0 Å². The van der Waals surface area contributed by atoms with Crippen LogP contribution in [0.15, 0.2) is 18.2 Å². The predicted octanol–water partition coefficient (Wildman–Crippen LogP) is 2.40. The minimum Gasteiger partial charge on any atom is -0.381 e. The van der Waals surface area contributed by atoms with E-state index in [1.165, 1.54) is 0 Å². The molecule has 2 fully saturated rings. The van der Waals surface area contributed by atoms with Gasteiger partial charge >= 0.3 is 0 Å². The molecule has 0 saturated carbocycles. The van der Waals surface area contributed by atoms with E-state index in [4.69, 9.17) is 4.74 Å². The molecular weight excluding hydrogens is 314 g/mol. The van der Waals surface area contributed by atoms with Crippen LogP contribution in [-0.2, 0) is 4.74 Å². The molecule has 1 aromatic carbocycles. The van der Waals surface area contributed by atoms with Crippen LogP contribution in [0.4, 0.5) is 8.78 Å². The van der Waals surface area contributed by atoms with Gasteiger partial charge in [0, 0.05) is 32.8 Å². The first-order chi connectivity index (χ1) is 11.4. The van der Waals surface area contributed by atoms with Crippen molar-refractivity contribution in [1.82, 2.24) is 9.80 Å². The van der Waals surface area contributed by atoms with Gasteiger partial charge in [-0.25, -0.2) is 8.78 Å². The molecule has 1 atom stereocenters. The SMILES string of the molecule is CN(C)CC1CN(C(=O)c2cc(F)ccc2F)CC12CCOCC2. The Bertz CT molecular complexity index is 615. The summed E-state index contributed by atoms with van der Waals surface area (Å²) in [4.78, 5) is 16.6. The van der Waals surface area contributed by atoms with Gasteiger partial charge in [-0.05, 0) is 56.5 Å². The van der Waals surface area contributed by atoms with Crippen molar-refractivity contribution in [2.24, 2.45) is 11.3 Å². The summed E-state index contributed by atoms with van der Waals surface area (Å²) >= 11 is 0. The third-order valence-electron chi connectivity index (χ3n) is 5.33. The van der Waals surface area contributed by atoms with Gasteiger partial charge in [0.1, 0.15) is 11.6 Å². The smallest absolute Gasteiger partial charge is 0.256 e. The van der Waals surface area contributed by atoms with Gasteiger partial charge in [-0.3, -0.25) is 4.79 Å². The van der Waals surface area contributed by atoms with E-state index in [0.29, 0.717) is 32.2 Å². The average Bonchev–Trinajstić information content (AvgIpc) is 2.87. The number of likely N-dealkylation sites (tertiary alicyclic amines) is 1. The van der Waals surface area contributed by atoms with Gasteiger partial charge in [0.15, 0.2) is 0 Å². The van der Waals surface area contributed by atoms with Crippen LogP contribution in [-0.4, -0.2) is 62.7 Å². The molecule has 2 heterocycles. The highest BCUT2D eigenvalue weighted by Crippen LogP contribution is 2.44. The number of carbonyl (C=O) groups is 1. The molecule has 0 radical (unpaired) electrons. The van der Waals surface area contributed by atoms with Crippen molar-refractivity contribution in [3.63, 3.8) is 0 Å². The van der Waals surface area contributed by atoms with Gasteiger partial charge < -0.3 is 14.5 Å². The van der Waals surface area contributed by atoms with Crippen molar-refractivity contribution in [2.75, 3.05) is 46.9 Å². The molecule has 2 aliphatic heterocycles. The van der Waals surface area contributed by atoms with Crippen LogP contribution in [0.3, 0.4) is 0 Å². The summed E-state index contributed by atoms with van der Waals surface area (Å²) in [5, 5.41) is 0. The highest BCUT2D eigenvalue weighted by molar-refractivity contribution is 5.94. The van der Waals surface area contributed by atoms with Crippen LogP contribution in [0.2, 0.25) is 0 Å². The molecule has 1 unspecified atom stereocenters. The first-order valence-corrected chi connectivity index (χ1v) is 8.38. The number of rotatable bonds is 3. The van der Waals surface area contributed by atoms with Gasteiger partial charge in [0.05, 0.1) is 5.56 Å². The van der Waals surface area contributed by atoms with Crippen LogP contribution >= 0.6 is 0 Å². The number of halogens is 2. The summed E-state index contributed by atoms with van der Waals surface area (Å²) in [6.07, 6.45) is 1.81. The molecule has 132 valence electrons. The summed E-state index contributed by atoms with van der Waals surface area (Å²) in [6, 6.07) is 3.04. The number of carbonyl (C=O) groups excluding carboxylic acids is 1. The number of hydrogen-bond acceptors (Lipinski definition) is 3. The van der Waals surface area contributed by atoms with Gasteiger partial charge in [0.25, 0.3) is 5.91 Å². The molecule has 1 spiro atoms. The lowest BCUT2D eigenvalue weighted by atomic mass is 9.72. The number of nitrogens with zero attached hydrogens (tertiary/aromatic N) is 2. The molecule has 24 heavy (non-hydrogen) atoms. The average molecular weight is 338 g/mol. The molecule has 2 aliphatic rings. The zero-order chi connectivity index (χ0) is 17.3. The van der Waals surface area contributed by atoms with Crippen LogP contribution in [0.5, 0.6) is 0 Å². The van der Waals surface area contributed by atoms with Gasteiger partial charge in [-0.1, -0.05) is 0 Å². The maximum Gasteiger partial charge on any atom is 0.256 e. The Balaban J connectivity index is 1.84. The zero-order valence-corrected chi connectivity index (χ0v) is 14.2. The standard InChI is InChI=1S/C18H24F2N2O2/c1-21(2)10-13-11-22(12-18(13)5-7-24-8-6-18)17(23)15-9-14(19)3-4-16(15)20/h3-4,9,13H,5-8,10-12H2,1-2H3. The molecule has 1 amide bonds. The van der Waals surface area contributed by atoms with E-state index in [-0.39, 0.29) is 11.0 Å². The largest absolute Gasteiger partial charge is 0.381 e. The fourth-order valence-electron chi connectivity index (χ4n) is 4.06. The number of amides is 1. The molecule has 4 nitrogen and oxygen atoms in total. The van der Waals surface area contributed by atoms with Crippen LogP contribution in [0, 0.1) is 23.0 Å². The van der Waals surface area contributed by atoms with Gasteiger partial charge in [-0.15, -0.1) is 0 Å². The Hall–Kier alpha value is -1.53. The Kier molecular flexibility index (Phi) is 4.88. The Morgan fingerprint density at radius 3 is 2.71 bits per heavy atom. The number of benzene rings is 1. The summed E-state index contributed by atoms with van der Waals surface area (Å²) in [6.45, 7) is 3.42. The van der Waals surface area contributed by atoms with Crippen LogP contribution in [0.1, 0.15) is 23.2 Å². The third-order valence-corrected chi connectivity index (χ3v) is 5.33. The Morgan fingerprint density at radius 1 is 1.33 bits per heavy atom. The molecule has 1 aromatic rings. The maximum absolute atomic E-state index is 14.0. The molecule has 6 heteroatoms. The maximum atomic E-state index is 14.0. The minimum atomic E-state index is -0.668. The third kappa shape index (κ3) is 3.30. The monoisotopic (exact) mass is 338 g/mol. The first kappa shape index (κ1) is 17.3. The van der Waals surface area contributed by atoms with E-state index in [0.717, 1.165) is 37.6 Å². The fraction of sp³-hybridized carbons (Fsp3) is 0.611. The van der Waals surface area contributed by atoms with Gasteiger partial charge in [0.2, 0.25) is 0 Å². The second kappa shape index (κ2) is 6.76. The van der Waals surface area contributed by atoms with E-state index in [1.54, 1.807) is 4.90 Å². The second-order valence-electron chi connectivity index (χ2n) is 7.24. The van der Waals surface area contributed by atoms with Crippen molar-refractivity contribution < 1.29 is 18.3 Å². The van der Waals surface area contributed by atoms with Crippen LogP contribution in [0.25, 0.3) is 0 Å². The van der Waals surface area contributed by atoms with E-state index in [9.17, 15) is 13.6 Å². The van der Waals surface area contributed by atoms with Crippen molar-refractivity contribution in [3.05, 3.63) is 35.4 Å². The quantitative estimate of drug-likeness (QED) is 0.848. The predicted molar refractivity (Wildman–Crippen MR) is 86.8 cm³/mol. The van der Waals surface area contributed by atoms with E-state index in [1.807, 2.05) is 14.1 Å². The zero-order valence-electron chi connectivity index (χ0n) is 14.2. The molecule has 0 bridgehead atoms. The lowest BCUT2D eigenvalue weighted by molar-refractivity contribution is -0.00453. The minimum absolute atomic E-state index is 0.0159. The first-order valence-electron chi connectivity index (χ1n) is 8.38. The molecule has 3 rings (SSSR count). The Morgan fingerprint density at radius 2 is 2.04 bits per heavy atom. The molecule has 0 aromatic heterocycles. The molecule has 0 N–H and O–H groups in total. The normalized spacial score (nSPS) is 23.2. The fourth-order valence-corrected chi connectivity index (χ4v) is 4.06. The lowest BCUT2D eigenvalue weighted by Crippen LogP contribution is -2.40. The molecule has 0 aliphatic carbocycles. The molecule has 2 saturated heterocycles. The molecular formula is C18H24F2N2O2. The van der Waals surface area contributed by atoms with Gasteiger partial charge in [-0.2, -0.15) is 0 Å². The second-order valence-corrected chi connectivity index (χ2v) is 7.24. The summed E-state index contributed by atoms with van der Waals surface area (Å²) in [5.41, 5.74) is -0.162.